The van der Waals surface area contributed by atoms with Gasteiger partial charge in [-0.2, -0.15) is 0 Å². The predicted octanol–water partition coefficient (Wildman–Crippen LogP) is 5.28. The Bertz CT molecular complexity index is 1170. The monoisotopic (exact) mass is 406 g/mol. The van der Waals surface area contributed by atoms with E-state index in [1.807, 2.05) is 30.3 Å². The molecule has 5 nitrogen and oxygen atoms in total. The minimum Gasteiger partial charge on any atom is -0.316 e. The first-order valence-electron chi connectivity index (χ1n) is 10.3. The van der Waals surface area contributed by atoms with Crippen LogP contribution in [0.25, 0.3) is 11.1 Å². The standard InChI is InChI=1S/C26H22N4O/c31-26(29-23-7-8-25-22(15-23)14-21-5-1-2-6-24(21)25)30(17-19-9-12-27-13-10-19)18-20-4-3-11-28-16-20/h1-13,15-16H,14,17-18H2,(H,29,31). The van der Waals surface area contributed by atoms with Crippen LogP contribution in [0.3, 0.4) is 0 Å². The second-order valence-electron chi connectivity index (χ2n) is 7.71. The number of fused-ring (bicyclic) bond motifs is 3. The van der Waals surface area contributed by atoms with E-state index in [4.69, 9.17) is 0 Å². The Kier molecular flexibility index (Phi) is 5.15. The number of anilines is 1. The van der Waals surface area contributed by atoms with Gasteiger partial charge in [-0.05, 0) is 70.1 Å². The van der Waals surface area contributed by atoms with E-state index < -0.39 is 0 Å². The van der Waals surface area contributed by atoms with Crippen molar-refractivity contribution in [3.63, 3.8) is 0 Å². The van der Waals surface area contributed by atoms with Crippen LogP contribution in [0, 0.1) is 0 Å². The van der Waals surface area contributed by atoms with Crippen molar-refractivity contribution < 1.29 is 4.79 Å². The molecular weight excluding hydrogens is 384 g/mol. The van der Waals surface area contributed by atoms with Gasteiger partial charge in [0.2, 0.25) is 0 Å². The van der Waals surface area contributed by atoms with E-state index in [2.05, 4.69) is 51.7 Å². The van der Waals surface area contributed by atoms with E-state index in [0.29, 0.717) is 13.1 Å². The molecule has 2 amide bonds. The van der Waals surface area contributed by atoms with E-state index in [9.17, 15) is 4.79 Å². The fourth-order valence-electron chi connectivity index (χ4n) is 4.05. The third-order valence-corrected chi connectivity index (χ3v) is 5.55. The minimum atomic E-state index is -0.142. The molecule has 5 heteroatoms. The lowest BCUT2D eigenvalue weighted by Gasteiger charge is -2.23. The highest BCUT2D eigenvalue weighted by atomic mass is 16.2. The molecule has 0 atom stereocenters. The highest BCUT2D eigenvalue weighted by Crippen LogP contribution is 2.37. The van der Waals surface area contributed by atoms with Gasteiger partial charge in [0.25, 0.3) is 0 Å². The fourth-order valence-corrected chi connectivity index (χ4v) is 4.05. The number of nitrogens with zero attached hydrogens (tertiary/aromatic N) is 3. The van der Waals surface area contributed by atoms with Crippen molar-refractivity contribution in [2.24, 2.45) is 0 Å². The molecule has 31 heavy (non-hydrogen) atoms. The molecule has 0 spiro atoms. The first-order valence-corrected chi connectivity index (χ1v) is 10.3. The summed E-state index contributed by atoms with van der Waals surface area (Å²) in [6.07, 6.45) is 7.91. The maximum atomic E-state index is 13.2. The summed E-state index contributed by atoms with van der Waals surface area (Å²) in [7, 11) is 0. The maximum absolute atomic E-state index is 13.2. The van der Waals surface area contributed by atoms with Gasteiger partial charge in [0.05, 0.1) is 0 Å². The van der Waals surface area contributed by atoms with Crippen LogP contribution < -0.4 is 5.32 Å². The molecule has 1 N–H and O–H groups in total. The average molecular weight is 406 g/mol. The van der Waals surface area contributed by atoms with E-state index in [1.54, 1.807) is 29.7 Å². The Morgan fingerprint density at radius 1 is 0.806 bits per heavy atom. The largest absolute Gasteiger partial charge is 0.322 e. The number of amides is 2. The van der Waals surface area contributed by atoms with Gasteiger partial charge in [0, 0.05) is 43.6 Å². The zero-order valence-electron chi connectivity index (χ0n) is 17.0. The molecule has 2 aromatic carbocycles. The highest BCUT2D eigenvalue weighted by molar-refractivity contribution is 5.90. The minimum absolute atomic E-state index is 0.142. The molecule has 0 unspecified atom stereocenters. The molecule has 1 aliphatic rings. The second kappa shape index (κ2) is 8.40. The van der Waals surface area contributed by atoms with Crippen molar-refractivity contribution in [3.05, 3.63) is 114 Å². The maximum Gasteiger partial charge on any atom is 0.322 e. The Hall–Kier alpha value is -3.99. The fraction of sp³-hybridized carbons (Fsp3) is 0.115. The molecule has 0 saturated heterocycles. The Labute approximate surface area is 181 Å². The molecule has 2 heterocycles. The topological polar surface area (TPSA) is 58.1 Å². The van der Waals surface area contributed by atoms with E-state index in [1.165, 1.54) is 22.3 Å². The predicted molar refractivity (Wildman–Crippen MR) is 121 cm³/mol. The summed E-state index contributed by atoms with van der Waals surface area (Å²) in [4.78, 5) is 23.3. The molecule has 5 rings (SSSR count). The van der Waals surface area contributed by atoms with Crippen LogP contribution >= 0.6 is 0 Å². The number of hydrogen-bond donors (Lipinski definition) is 1. The lowest BCUT2D eigenvalue weighted by Crippen LogP contribution is -2.34. The number of pyridine rings is 2. The van der Waals surface area contributed by atoms with Crippen molar-refractivity contribution in [1.82, 2.24) is 14.9 Å². The van der Waals surface area contributed by atoms with Gasteiger partial charge in [-0.1, -0.05) is 36.4 Å². The van der Waals surface area contributed by atoms with Gasteiger partial charge in [-0.3, -0.25) is 9.97 Å². The van der Waals surface area contributed by atoms with Crippen molar-refractivity contribution in [1.29, 1.82) is 0 Å². The van der Waals surface area contributed by atoms with Crippen LogP contribution in [-0.4, -0.2) is 20.9 Å². The van der Waals surface area contributed by atoms with Gasteiger partial charge in [-0.15, -0.1) is 0 Å². The Morgan fingerprint density at radius 3 is 2.45 bits per heavy atom. The molecule has 4 aromatic rings. The summed E-state index contributed by atoms with van der Waals surface area (Å²) in [6.45, 7) is 0.956. The molecular formula is C26H22N4O. The summed E-state index contributed by atoms with van der Waals surface area (Å²) in [5, 5.41) is 3.09. The third kappa shape index (κ3) is 4.16. The van der Waals surface area contributed by atoms with Gasteiger partial charge in [0.1, 0.15) is 0 Å². The third-order valence-electron chi connectivity index (χ3n) is 5.55. The van der Waals surface area contributed by atoms with Crippen LogP contribution in [0.1, 0.15) is 22.3 Å². The Balaban J connectivity index is 1.36. The zero-order chi connectivity index (χ0) is 21.0. The summed E-state index contributed by atoms with van der Waals surface area (Å²) < 4.78 is 0. The van der Waals surface area contributed by atoms with Crippen LogP contribution in [0.4, 0.5) is 10.5 Å². The van der Waals surface area contributed by atoms with Gasteiger partial charge in [0.15, 0.2) is 0 Å². The zero-order valence-corrected chi connectivity index (χ0v) is 17.0. The number of carbonyl (C=O) groups excluding carboxylic acids is 1. The Morgan fingerprint density at radius 2 is 1.61 bits per heavy atom. The number of nitrogens with one attached hydrogen (secondary N) is 1. The smallest absolute Gasteiger partial charge is 0.316 e. The van der Waals surface area contributed by atoms with E-state index in [-0.39, 0.29) is 6.03 Å². The van der Waals surface area contributed by atoms with Crippen LogP contribution in [0.15, 0.2) is 91.5 Å². The number of carbonyl (C=O) groups is 1. The van der Waals surface area contributed by atoms with Crippen molar-refractivity contribution >= 4 is 11.7 Å². The van der Waals surface area contributed by atoms with E-state index >= 15 is 0 Å². The van der Waals surface area contributed by atoms with Crippen LogP contribution in [0.5, 0.6) is 0 Å². The molecule has 0 aliphatic heterocycles. The normalized spacial score (nSPS) is 11.5. The number of urea groups is 1. The summed E-state index contributed by atoms with van der Waals surface area (Å²) in [6, 6.07) is 22.2. The molecule has 0 radical (unpaired) electrons. The van der Waals surface area contributed by atoms with Gasteiger partial charge >= 0.3 is 6.03 Å². The molecule has 0 bridgehead atoms. The number of hydrogen-bond acceptors (Lipinski definition) is 3. The van der Waals surface area contributed by atoms with Crippen LogP contribution in [-0.2, 0) is 19.5 Å². The molecule has 0 fully saturated rings. The lowest BCUT2D eigenvalue weighted by molar-refractivity contribution is 0.206. The number of aromatic nitrogens is 2. The van der Waals surface area contributed by atoms with E-state index in [0.717, 1.165) is 23.2 Å². The first-order chi connectivity index (χ1) is 15.3. The molecule has 152 valence electrons. The summed E-state index contributed by atoms with van der Waals surface area (Å²) >= 11 is 0. The molecule has 2 aromatic heterocycles. The first kappa shape index (κ1) is 19.0. The van der Waals surface area contributed by atoms with Crippen LogP contribution in [0.2, 0.25) is 0 Å². The summed E-state index contributed by atoms with van der Waals surface area (Å²) in [5.41, 5.74) is 7.92. The number of benzene rings is 2. The van der Waals surface area contributed by atoms with Gasteiger partial charge < -0.3 is 10.2 Å². The summed E-state index contributed by atoms with van der Waals surface area (Å²) in [5.74, 6) is 0. The highest BCUT2D eigenvalue weighted by Gasteiger charge is 2.20. The van der Waals surface area contributed by atoms with Gasteiger partial charge in [-0.25, -0.2) is 4.79 Å². The quantitative estimate of drug-likeness (QED) is 0.432. The van der Waals surface area contributed by atoms with Crippen molar-refractivity contribution in [3.8, 4) is 11.1 Å². The molecule has 0 saturated carbocycles. The molecule has 1 aliphatic carbocycles. The average Bonchev–Trinajstić information content (AvgIpc) is 3.18. The lowest BCUT2D eigenvalue weighted by atomic mass is 10.1. The second-order valence-corrected chi connectivity index (χ2v) is 7.71. The van der Waals surface area contributed by atoms with Crippen molar-refractivity contribution in [2.75, 3.05) is 5.32 Å². The SMILES string of the molecule is O=C(Nc1ccc2c(c1)Cc1ccccc1-2)N(Cc1ccncc1)Cc1cccnc1. The number of rotatable bonds is 5. The van der Waals surface area contributed by atoms with Crippen molar-refractivity contribution in [2.45, 2.75) is 19.5 Å².